The van der Waals surface area contributed by atoms with Gasteiger partial charge < -0.3 is 14.9 Å². The van der Waals surface area contributed by atoms with E-state index in [1.54, 1.807) is 0 Å². The van der Waals surface area contributed by atoms with Crippen molar-refractivity contribution >= 4 is 6.03 Å². The summed E-state index contributed by atoms with van der Waals surface area (Å²) < 4.78 is 0. The molecule has 5 saturated carbocycles. The third-order valence-corrected chi connectivity index (χ3v) is 7.66. The van der Waals surface area contributed by atoms with Gasteiger partial charge in [0.2, 0.25) is 0 Å². The number of urea groups is 1. The SMILES string of the molecule is CC1CN(C2C3CC4CC2C(C2CC2)C(O)(C4)C3)C(=O)N1C. The van der Waals surface area contributed by atoms with Crippen LogP contribution in [0.1, 0.15) is 45.4 Å². The molecule has 4 bridgehead atoms. The predicted molar refractivity (Wildman–Crippen MR) is 83.2 cm³/mol. The topological polar surface area (TPSA) is 43.8 Å². The van der Waals surface area contributed by atoms with E-state index < -0.39 is 5.60 Å². The Hall–Kier alpha value is -0.770. The van der Waals surface area contributed by atoms with Crippen LogP contribution in [0.5, 0.6) is 0 Å². The zero-order chi connectivity index (χ0) is 15.2. The number of aliphatic hydroxyl groups is 1. The minimum atomic E-state index is -0.394. The first-order chi connectivity index (χ1) is 10.5. The van der Waals surface area contributed by atoms with Crippen molar-refractivity contribution in [2.75, 3.05) is 13.6 Å². The number of hydrogen-bond acceptors (Lipinski definition) is 2. The second kappa shape index (κ2) is 4.19. The van der Waals surface area contributed by atoms with E-state index in [1.807, 2.05) is 11.9 Å². The maximum atomic E-state index is 12.7. The molecule has 6 rings (SSSR count). The first-order valence-corrected chi connectivity index (χ1v) is 9.24. The lowest BCUT2D eigenvalue weighted by molar-refractivity contribution is -0.201. The van der Waals surface area contributed by atoms with Crippen LogP contribution in [0.15, 0.2) is 0 Å². The third kappa shape index (κ3) is 1.65. The first kappa shape index (κ1) is 13.6. The minimum absolute atomic E-state index is 0.228. The van der Waals surface area contributed by atoms with E-state index in [1.165, 1.54) is 25.7 Å². The average molecular weight is 304 g/mol. The van der Waals surface area contributed by atoms with Crippen LogP contribution >= 0.6 is 0 Å². The second-order valence-corrected chi connectivity index (χ2v) is 9.02. The quantitative estimate of drug-likeness (QED) is 0.851. The Balaban J connectivity index is 1.50. The maximum absolute atomic E-state index is 12.7. The van der Waals surface area contributed by atoms with Gasteiger partial charge in [0.25, 0.3) is 0 Å². The zero-order valence-corrected chi connectivity index (χ0v) is 13.7. The van der Waals surface area contributed by atoms with E-state index in [4.69, 9.17) is 0 Å². The Morgan fingerprint density at radius 3 is 2.59 bits per heavy atom. The fourth-order valence-corrected chi connectivity index (χ4v) is 6.83. The summed E-state index contributed by atoms with van der Waals surface area (Å²) >= 11 is 0. The molecule has 0 radical (unpaired) electrons. The van der Waals surface area contributed by atoms with Crippen LogP contribution in [0, 0.1) is 29.6 Å². The normalized spacial score (nSPS) is 53.7. The monoisotopic (exact) mass is 304 g/mol. The molecule has 22 heavy (non-hydrogen) atoms. The summed E-state index contributed by atoms with van der Waals surface area (Å²) in [5.74, 6) is 3.03. The lowest BCUT2D eigenvalue weighted by atomic mass is 9.46. The molecule has 122 valence electrons. The molecule has 7 unspecified atom stereocenters. The van der Waals surface area contributed by atoms with E-state index in [2.05, 4.69) is 11.8 Å². The Morgan fingerprint density at radius 1 is 1.18 bits per heavy atom. The van der Waals surface area contributed by atoms with Crippen LogP contribution in [0.4, 0.5) is 4.79 Å². The highest BCUT2D eigenvalue weighted by Crippen LogP contribution is 2.64. The van der Waals surface area contributed by atoms with Crippen LogP contribution in [0.2, 0.25) is 0 Å². The lowest BCUT2D eigenvalue weighted by Crippen LogP contribution is -2.67. The number of carbonyl (C=O) groups excluding carboxylic acids is 1. The number of amides is 2. The maximum Gasteiger partial charge on any atom is 0.320 e. The largest absolute Gasteiger partial charge is 0.390 e. The summed E-state index contributed by atoms with van der Waals surface area (Å²) in [5.41, 5.74) is -0.394. The minimum Gasteiger partial charge on any atom is -0.390 e. The molecule has 1 heterocycles. The van der Waals surface area contributed by atoms with Crippen LogP contribution in [-0.2, 0) is 0 Å². The molecule has 2 amide bonds. The fourth-order valence-electron chi connectivity index (χ4n) is 6.83. The Bertz CT molecular complexity index is 519. The lowest BCUT2D eigenvalue weighted by Gasteiger charge is -2.63. The molecule has 7 atom stereocenters. The molecule has 5 aliphatic carbocycles. The highest BCUT2D eigenvalue weighted by Gasteiger charge is 2.65. The van der Waals surface area contributed by atoms with Crippen LogP contribution in [0.3, 0.4) is 0 Å². The summed E-state index contributed by atoms with van der Waals surface area (Å²) in [4.78, 5) is 16.8. The van der Waals surface area contributed by atoms with E-state index in [0.717, 1.165) is 25.3 Å². The van der Waals surface area contributed by atoms with Crippen molar-refractivity contribution in [3.05, 3.63) is 0 Å². The number of likely N-dealkylation sites (N-methyl/N-ethyl adjacent to an activating group) is 1. The van der Waals surface area contributed by atoms with Gasteiger partial charge in [0.05, 0.1) is 5.60 Å². The molecular weight excluding hydrogens is 276 g/mol. The van der Waals surface area contributed by atoms with Crippen molar-refractivity contribution < 1.29 is 9.90 Å². The molecular formula is C18H28N2O2. The molecule has 0 aromatic rings. The van der Waals surface area contributed by atoms with Crippen LogP contribution in [-0.4, -0.2) is 52.2 Å². The molecule has 6 aliphatic rings. The van der Waals surface area contributed by atoms with Gasteiger partial charge in [0, 0.05) is 25.7 Å². The van der Waals surface area contributed by atoms with Crippen molar-refractivity contribution in [1.82, 2.24) is 9.80 Å². The van der Waals surface area contributed by atoms with Crippen LogP contribution < -0.4 is 0 Å². The molecule has 0 aromatic heterocycles. The Kier molecular flexibility index (Phi) is 2.60. The van der Waals surface area contributed by atoms with Gasteiger partial charge >= 0.3 is 6.03 Å². The van der Waals surface area contributed by atoms with Gasteiger partial charge in [0.15, 0.2) is 0 Å². The van der Waals surface area contributed by atoms with Gasteiger partial charge in [-0.05, 0) is 75.0 Å². The number of carbonyl (C=O) groups is 1. The first-order valence-electron chi connectivity index (χ1n) is 9.24. The van der Waals surface area contributed by atoms with Crippen molar-refractivity contribution in [2.24, 2.45) is 29.6 Å². The highest BCUT2D eigenvalue weighted by molar-refractivity contribution is 5.77. The fraction of sp³-hybridized carbons (Fsp3) is 0.944. The molecule has 1 aliphatic heterocycles. The summed E-state index contributed by atoms with van der Waals surface area (Å²) in [6.45, 7) is 3.04. The number of rotatable bonds is 2. The average Bonchev–Trinajstić information content (AvgIpc) is 3.23. The van der Waals surface area contributed by atoms with Gasteiger partial charge in [0.1, 0.15) is 0 Å². The van der Waals surface area contributed by atoms with E-state index in [9.17, 15) is 9.90 Å². The summed E-state index contributed by atoms with van der Waals surface area (Å²) in [6.07, 6.45) is 7.09. The van der Waals surface area contributed by atoms with Crippen LogP contribution in [0.25, 0.3) is 0 Å². The predicted octanol–water partition coefficient (Wildman–Crippen LogP) is 2.32. The number of hydrogen-bond donors (Lipinski definition) is 1. The van der Waals surface area contributed by atoms with Crippen molar-refractivity contribution in [3.8, 4) is 0 Å². The second-order valence-electron chi connectivity index (χ2n) is 9.02. The van der Waals surface area contributed by atoms with Gasteiger partial charge in [-0.2, -0.15) is 0 Å². The highest BCUT2D eigenvalue weighted by atomic mass is 16.3. The molecule has 0 spiro atoms. The third-order valence-electron chi connectivity index (χ3n) is 7.66. The molecule has 1 saturated heterocycles. The van der Waals surface area contributed by atoms with E-state index in [0.29, 0.717) is 35.8 Å². The van der Waals surface area contributed by atoms with E-state index >= 15 is 0 Å². The zero-order valence-electron chi connectivity index (χ0n) is 13.7. The van der Waals surface area contributed by atoms with Crippen molar-refractivity contribution in [1.29, 1.82) is 0 Å². The van der Waals surface area contributed by atoms with Gasteiger partial charge in [-0.15, -0.1) is 0 Å². The molecule has 1 N–H and O–H groups in total. The molecule has 6 fully saturated rings. The Morgan fingerprint density at radius 2 is 1.95 bits per heavy atom. The Labute approximate surface area is 132 Å². The molecule has 4 nitrogen and oxygen atoms in total. The van der Waals surface area contributed by atoms with Gasteiger partial charge in [-0.25, -0.2) is 4.79 Å². The van der Waals surface area contributed by atoms with Gasteiger partial charge in [-0.1, -0.05) is 0 Å². The number of nitrogens with zero attached hydrogens (tertiary/aromatic N) is 2. The summed E-state index contributed by atoms with van der Waals surface area (Å²) in [5, 5.41) is 11.3. The summed E-state index contributed by atoms with van der Waals surface area (Å²) in [6, 6.07) is 0.959. The molecule has 4 heteroatoms. The van der Waals surface area contributed by atoms with E-state index in [-0.39, 0.29) is 6.03 Å². The smallest absolute Gasteiger partial charge is 0.320 e. The van der Waals surface area contributed by atoms with Crippen molar-refractivity contribution in [2.45, 2.75) is 63.1 Å². The molecule has 0 aromatic carbocycles. The standard InChI is InChI=1S/C18H28N2O2/c1-10-9-20(17(21)19(10)2)16-13-5-11-6-14(16)15(12-3-4-12)18(22,7-11)8-13/h10-16,22H,3-9H2,1-2H3. The van der Waals surface area contributed by atoms with Gasteiger partial charge in [-0.3, -0.25) is 0 Å². The van der Waals surface area contributed by atoms with Crippen molar-refractivity contribution in [3.63, 3.8) is 0 Å². The summed E-state index contributed by atoms with van der Waals surface area (Å²) in [7, 11) is 1.94.